The van der Waals surface area contributed by atoms with Crippen LogP contribution >= 0.6 is 0 Å². The molecule has 0 spiro atoms. The Morgan fingerprint density at radius 3 is 2.46 bits per heavy atom. The Hall–Kier alpha value is -1.02. The molecule has 1 fully saturated rings. The van der Waals surface area contributed by atoms with Gasteiger partial charge >= 0.3 is 0 Å². The summed E-state index contributed by atoms with van der Waals surface area (Å²) in [5, 5.41) is 0. The van der Waals surface area contributed by atoms with Crippen LogP contribution in [-0.4, -0.2) is 5.54 Å². The lowest BCUT2D eigenvalue weighted by atomic mass is 10.0. The smallest absolute Gasteiger partial charge is 0.0314 e. The van der Waals surface area contributed by atoms with Crippen molar-refractivity contribution >= 4 is 5.69 Å². The number of rotatable bonds is 2. The summed E-state index contributed by atoms with van der Waals surface area (Å²) >= 11 is 0. The van der Waals surface area contributed by atoms with Crippen LogP contribution in [0.15, 0.2) is 24.3 Å². The van der Waals surface area contributed by atoms with E-state index in [1.807, 2.05) is 12.1 Å². The molecule has 1 saturated carbocycles. The summed E-state index contributed by atoms with van der Waals surface area (Å²) in [6.45, 7) is 2.15. The average molecular weight is 176 g/mol. The molecule has 13 heavy (non-hydrogen) atoms. The van der Waals surface area contributed by atoms with E-state index in [0.29, 0.717) is 5.92 Å². The fraction of sp³-hybridized carbons (Fsp3) is 0.455. The van der Waals surface area contributed by atoms with Crippen molar-refractivity contribution in [2.75, 3.05) is 5.73 Å². The third-order valence-electron chi connectivity index (χ3n) is 3.12. The van der Waals surface area contributed by atoms with Gasteiger partial charge in [-0.3, -0.25) is 0 Å². The van der Waals surface area contributed by atoms with E-state index < -0.39 is 0 Å². The van der Waals surface area contributed by atoms with E-state index in [9.17, 15) is 0 Å². The summed E-state index contributed by atoms with van der Waals surface area (Å²) in [6, 6.07) is 8.07. The van der Waals surface area contributed by atoms with E-state index >= 15 is 0 Å². The predicted octanol–water partition coefficient (Wildman–Crippen LogP) is 1.86. The Bertz CT molecular complexity index is 304. The number of benzene rings is 1. The van der Waals surface area contributed by atoms with Crippen LogP contribution in [0.5, 0.6) is 0 Å². The van der Waals surface area contributed by atoms with Crippen molar-refractivity contribution in [3.8, 4) is 0 Å². The van der Waals surface area contributed by atoms with Crippen LogP contribution in [0.4, 0.5) is 5.69 Å². The number of hydrogen-bond donors (Lipinski definition) is 2. The fourth-order valence-electron chi connectivity index (χ4n) is 1.89. The van der Waals surface area contributed by atoms with E-state index in [2.05, 4.69) is 19.1 Å². The molecule has 1 aliphatic rings. The highest BCUT2D eigenvalue weighted by Crippen LogP contribution is 2.51. The highest BCUT2D eigenvalue weighted by Gasteiger charge is 2.49. The van der Waals surface area contributed by atoms with Gasteiger partial charge in [-0.15, -0.1) is 0 Å². The molecule has 1 aromatic rings. The minimum absolute atomic E-state index is 0.0656. The van der Waals surface area contributed by atoms with Crippen LogP contribution in [0.25, 0.3) is 0 Å². The molecule has 0 bridgehead atoms. The van der Waals surface area contributed by atoms with Crippen LogP contribution in [0.1, 0.15) is 31.2 Å². The maximum Gasteiger partial charge on any atom is 0.0314 e. The minimum Gasteiger partial charge on any atom is -0.399 e. The van der Waals surface area contributed by atoms with E-state index in [0.717, 1.165) is 18.5 Å². The molecular formula is C11H16N2. The predicted molar refractivity (Wildman–Crippen MR) is 55.4 cm³/mol. The Morgan fingerprint density at radius 1 is 1.38 bits per heavy atom. The summed E-state index contributed by atoms with van der Waals surface area (Å²) in [6.07, 6.45) is 2.18. The number of nitrogen functional groups attached to an aromatic ring is 1. The molecule has 0 saturated heterocycles. The lowest BCUT2D eigenvalue weighted by molar-refractivity contribution is 0.626. The standard InChI is InChI=1S/C11H16N2/c1-2-11(13)7-10(11)8-3-5-9(12)6-4-8/h3-6,10H,2,7,12-13H2,1H3/t10-,11-/m0/s1. The van der Waals surface area contributed by atoms with Gasteiger partial charge < -0.3 is 11.5 Å². The largest absolute Gasteiger partial charge is 0.399 e. The first kappa shape index (κ1) is 8.57. The average Bonchev–Trinajstić information content (AvgIpc) is 2.81. The van der Waals surface area contributed by atoms with Crippen molar-refractivity contribution in [1.29, 1.82) is 0 Å². The van der Waals surface area contributed by atoms with Gasteiger partial charge in [0.25, 0.3) is 0 Å². The highest BCUT2D eigenvalue weighted by molar-refractivity contribution is 5.43. The Labute approximate surface area is 78.9 Å². The molecule has 0 amide bonds. The SMILES string of the molecule is CC[C@]1(N)C[C@H]1c1ccc(N)cc1. The van der Waals surface area contributed by atoms with E-state index in [4.69, 9.17) is 11.5 Å². The quantitative estimate of drug-likeness (QED) is 0.676. The normalized spacial score (nSPS) is 31.7. The zero-order valence-electron chi connectivity index (χ0n) is 7.96. The van der Waals surface area contributed by atoms with Crippen LogP contribution in [0.2, 0.25) is 0 Å². The molecule has 2 rings (SSSR count). The molecule has 4 N–H and O–H groups in total. The molecule has 0 aromatic heterocycles. The first-order valence-corrected chi connectivity index (χ1v) is 4.80. The van der Waals surface area contributed by atoms with Crippen LogP contribution in [0, 0.1) is 0 Å². The van der Waals surface area contributed by atoms with Gasteiger partial charge in [0.2, 0.25) is 0 Å². The van der Waals surface area contributed by atoms with E-state index in [1.165, 1.54) is 5.56 Å². The Balaban J connectivity index is 2.16. The first-order chi connectivity index (χ1) is 6.15. The second-order valence-corrected chi connectivity index (χ2v) is 4.01. The summed E-state index contributed by atoms with van der Waals surface area (Å²) in [5.74, 6) is 0.554. The van der Waals surface area contributed by atoms with Crippen molar-refractivity contribution in [2.45, 2.75) is 31.2 Å². The maximum absolute atomic E-state index is 6.13. The molecule has 70 valence electrons. The summed E-state index contributed by atoms with van der Waals surface area (Å²) in [7, 11) is 0. The molecule has 0 heterocycles. The molecule has 0 unspecified atom stereocenters. The monoisotopic (exact) mass is 176 g/mol. The molecule has 1 aromatic carbocycles. The van der Waals surface area contributed by atoms with Gasteiger partial charge in [0.15, 0.2) is 0 Å². The molecule has 0 aliphatic heterocycles. The van der Waals surface area contributed by atoms with Gasteiger partial charge in [-0.25, -0.2) is 0 Å². The van der Waals surface area contributed by atoms with Crippen molar-refractivity contribution in [3.05, 3.63) is 29.8 Å². The third kappa shape index (κ3) is 1.42. The zero-order chi connectivity index (χ0) is 9.47. The number of nitrogens with two attached hydrogens (primary N) is 2. The Morgan fingerprint density at radius 2 is 2.00 bits per heavy atom. The second-order valence-electron chi connectivity index (χ2n) is 4.01. The number of anilines is 1. The molecule has 2 heteroatoms. The van der Waals surface area contributed by atoms with Gasteiger partial charge in [0.05, 0.1) is 0 Å². The van der Waals surface area contributed by atoms with Crippen molar-refractivity contribution in [1.82, 2.24) is 0 Å². The zero-order valence-corrected chi connectivity index (χ0v) is 7.96. The fourth-order valence-corrected chi connectivity index (χ4v) is 1.89. The van der Waals surface area contributed by atoms with Crippen molar-refractivity contribution in [3.63, 3.8) is 0 Å². The van der Waals surface area contributed by atoms with Gasteiger partial charge in [-0.05, 0) is 30.5 Å². The van der Waals surface area contributed by atoms with Gasteiger partial charge in [0.1, 0.15) is 0 Å². The van der Waals surface area contributed by atoms with Gasteiger partial charge in [0, 0.05) is 17.1 Å². The van der Waals surface area contributed by atoms with E-state index in [1.54, 1.807) is 0 Å². The molecule has 0 radical (unpaired) electrons. The van der Waals surface area contributed by atoms with Crippen LogP contribution in [0.3, 0.4) is 0 Å². The first-order valence-electron chi connectivity index (χ1n) is 4.80. The summed E-state index contributed by atoms with van der Waals surface area (Å²) < 4.78 is 0. The second kappa shape index (κ2) is 2.74. The van der Waals surface area contributed by atoms with E-state index in [-0.39, 0.29) is 5.54 Å². The molecule has 2 nitrogen and oxygen atoms in total. The van der Waals surface area contributed by atoms with Gasteiger partial charge in [-0.2, -0.15) is 0 Å². The van der Waals surface area contributed by atoms with Crippen molar-refractivity contribution < 1.29 is 0 Å². The number of hydrogen-bond acceptors (Lipinski definition) is 2. The topological polar surface area (TPSA) is 52.0 Å². The summed E-state index contributed by atoms with van der Waals surface area (Å²) in [5.41, 5.74) is 14.0. The van der Waals surface area contributed by atoms with Crippen LogP contribution in [-0.2, 0) is 0 Å². The molecular weight excluding hydrogens is 160 g/mol. The van der Waals surface area contributed by atoms with Crippen molar-refractivity contribution in [2.24, 2.45) is 5.73 Å². The summed E-state index contributed by atoms with van der Waals surface area (Å²) in [4.78, 5) is 0. The third-order valence-corrected chi connectivity index (χ3v) is 3.12. The minimum atomic E-state index is 0.0656. The lowest BCUT2D eigenvalue weighted by Crippen LogP contribution is -2.22. The molecule has 1 aliphatic carbocycles. The van der Waals surface area contributed by atoms with Crippen LogP contribution < -0.4 is 11.5 Å². The molecule has 2 atom stereocenters. The van der Waals surface area contributed by atoms with Gasteiger partial charge in [-0.1, -0.05) is 19.1 Å². The maximum atomic E-state index is 6.13. The highest BCUT2D eigenvalue weighted by atomic mass is 14.9. The lowest BCUT2D eigenvalue weighted by Gasteiger charge is -2.07. The Kier molecular flexibility index (Phi) is 1.81.